The van der Waals surface area contributed by atoms with Gasteiger partial charge in [-0.3, -0.25) is 4.79 Å². The summed E-state index contributed by atoms with van der Waals surface area (Å²) in [5.41, 5.74) is 1.05. The molecule has 0 fully saturated rings. The molecular weight excluding hydrogens is 290 g/mol. The number of aliphatic carboxylic acids is 1. The van der Waals surface area contributed by atoms with Crippen LogP contribution in [0.25, 0.3) is 0 Å². The molecule has 1 heterocycles. The average Bonchev–Trinajstić information content (AvgIpc) is 2.84. The van der Waals surface area contributed by atoms with Crippen LogP contribution in [-0.2, 0) is 17.8 Å². The molecule has 0 bridgehead atoms. The van der Waals surface area contributed by atoms with E-state index in [0.717, 1.165) is 9.88 Å². The molecule has 3 N–H and O–H groups in total. The summed E-state index contributed by atoms with van der Waals surface area (Å²) < 4.78 is 0. The Kier molecular flexibility index (Phi) is 4.89. The molecule has 0 radical (unpaired) electrons. The number of anilines is 1. The third kappa shape index (κ3) is 4.57. The first kappa shape index (κ1) is 15.0. The van der Waals surface area contributed by atoms with Crippen LogP contribution in [0.4, 0.5) is 10.5 Å². The maximum absolute atomic E-state index is 11.8. The van der Waals surface area contributed by atoms with Crippen molar-refractivity contribution in [1.29, 1.82) is 0 Å². The van der Waals surface area contributed by atoms with Crippen LogP contribution >= 0.6 is 11.3 Å². The second-order valence-electron chi connectivity index (χ2n) is 4.40. The van der Waals surface area contributed by atoms with E-state index in [2.05, 4.69) is 15.6 Å². The molecule has 0 unspecified atom stereocenters. The van der Waals surface area contributed by atoms with Crippen molar-refractivity contribution in [1.82, 2.24) is 10.3 Å². The summed E-state index contributed by atoms with van der Waals surface area (Å²) in [5.74, 6) is -0.942. The minimum atomic E-state index is -0.942. The van der Waals surface area contributed by atoms with E-state index in [1.807, 2.05) is 6.92 Å². The number of amides is 2. The van der Waals surface area contributed by atoms with Crippen molar-refractivity contribution in [2.75, 3.05) is 5.32 Å². The Morgan fingerprint density at radius 2 is 2.10 bits per heavy atom. The summed E-state index contributed by atoms with van der Waals surface area (Å²) in [7, 11) is 0. The fraction of sp³-hybridized carbons (Fsp3) is 0.214. The standard InChI is InChI=1S/C14H15N3O3S/c1-9-7-15-12(21-9)8-16-14(20)17-11-5-3-2-4-10(11)6-13(18)19/h2-5,7H,6,8H2,1H3,(H,18,19)(H2,16,17,20). The van der Waals surface area contributed by atoms with Crippen LogP contribution in [0.2, 0.25) is 0 Å². The fourth-order valence-electron chi connectivity index (χ4n) is 1.76. The zero-order chi connectivity index (χ0) is 15.2. The number of rotatable bonds is 5. The summed E-state index contributed by atoms with van der Waals surface area (Å²) >= 11 is 1.52. The van der Waals surface area contributed by atoms with Crippen molar-refractivity contribution in [2.24, 2.45) is 0 Å². The zero-order valence-corrected chi connectivity index (χ0v) is 12.2. The van der Waals surface area contributed by atoms with Crippen molar-refractivity contribution in [3.63, 3.8) is 0 Å². The summed E-state index contributed by atoms with van der Waals surface area (Å²) in [4.78, 5) is 27.9. The largest absolute Gasteiger partial charge is 0.481 e. The lowest BCUT2D eigenvalue weighted by Crippen LogP contribution is -2.28. The third-order valence-corrected chi connectivity index (χ3v) is 3.59. The summed E-state index contributed by atoms with van der Waals surface area (Å²) in [5, 5.41) is 15.0. The van der Waals surface area contributed by atoms with Crippen LogP contribution in [-0.4, -0.2) is 22.1 Å². The predicted octanol–water partition coefficient (Wildman–Crippen LogP) is 2.40. The molecule has 0 aliphatic carbocycles. The van der Waals surface area contributed by atoms with E-state index in [4.69, 9.17) is 5.11 Å². The summed E-state index contributed by atoms with van der Waals surface area (Å²) in [6.07, 6.45) is 1.61. The number of carboxylic acids is 1. The number of urea groups is 1. The molecule has 21 heavy (non-hydrogen) atoms. The maximum Gasteiger partial charge on any atom is 0.319 e. The smallest absolute Gasteiger partial charge is 0.319 e. The molecule has 0 aliphatic heterocycles. The minimum absolute atomic E-state index is 0.137. The number of nitrogens with zero attached hydrogens (tertiary/aromatic N) is 1. The first-order valence-corrected chi connectivity index (χ1v) is 7.12. The monoisotopic (exact) mass is 305 g/mol. The highest BCUT2D eigenvalue weighted by Crippen LogP contribution is 2.16. The summed E-state index contributed by atoms with van der Waals surface area (Å²) in [6.45, 7) is 2.29. The normalized spacial score (nSPS) is 10.1. The molecule has 2 amide bonds. The molecule has 0 saturated carbocycles. The van der Waals surface area contributed by atoms with Gasteiger partial charge in [-0.05, 0) is 18.6 Å². The van der Waals surface area contributed by atoms with Gasteiger partial charge in [0.1, 0.15) is 5.01 Å². The van der Waals surface area contributed by atoms with E-state index in [1.54, 1.807) is 30.5 Å². The Morgan fingerprint density at radius 3 is 2.76 bits per heavy atom. The predicted molar refractivity (Wildman–Crippen MR) is 80.5 cm³/mol. The first-order valence-electron chi connectivity index (χ1n) is 6.30. The van der Waals surface area contributed by atoms with Crippen LogP contribution in [0.1, 0.15) is 15.4 Å². The van der Waals surface area contributed by atoms with Crippen LogP contribution in [0, 0.1) is 6.92 Å². The number of aromatic nitrogens is 1. The van der Waals surface area contributed by atoms with Crippen LogP contribution in [0.5, 0.6) is 0 Å². The molecule has 7 heteroatoms. The van der Waals surface area contributed by atoms with E-state index >= 15 is 0 Å². The topological polar surface area (TPSA) is 91.3 Å². The zero-order valence-electron chi connectivity index (χ0n) is 11.4. The molecule has 6 nitrogen and oxygen atoms in total. The molecule has 0 saturated heterocycles. The number of hydrogen-bond donors (Lipinski definition) is 3. The van der Waals surface area contributed by atoms with Gasteiger partial charge in [-0.1, -0.05) is 18.2 Å². The lowest BCUT2D eigenvalue weighted by atomic mass is 10.1. The summed E-state index contributed by atoms with van der Waals surface area (Å²) in [6, 6.07) is 6.44. The number of carbonyl (C=O) groups excluding carboxylic acids is 1. The van der Waals surface area contributed by atoms with Gasteiger partial charge in [-0.25, -0.2) is 9.78 Å². The number of benzene rings is 1. The highest BCUT2D eigenvalue weighted by atomic mass is 32.1. The Morgan fingerprint density at radius 1 is 1.33 bits per heavy atom. The van der Waals surface area contributed by atoms with Gasteiger partial charge in [0.05, 0.1) is 13.0 Å². The van der Waals surface area contributed by atoms with Gasteiger partial charge < -0.3 is 15.7 Å². The average molecular weight is 305 g/mol. The molecule has 2 aromatic rings. The van der Waals surface area contributed by atoms with Gasteiger partial charge >= 0.3 is 12.0 Å². The number of para-hydroxylation sites is 1. The fourth-order valence-corrected chi connectivity index (χ4v) is 2.49. The first-order chi connectivity index (χ1) is 10.0. The van der Waals surface area contributed by atoms with E-state index in [-0.39, 0.29) is 12.5 Å². The van der Waals surface area contributed by atoms with Crippen LogP contribution in [0.3, 0.4) is 0 Å². The number of carbonyl (C=O) groups is 2. The Bertz CT molecular complexity index is 654. The minimum Gasteiger partial charge on any atom is -0.481 e. The quantitative estimate of drug-likeness (QED) is 0.791. The molecule has 0 atom stereocenters. The second kappa shape index (κ2) is 6.85. The van der Waals surface area contributed by atoms with E-state index in [9.17, 15) is 9.59 Å². The maximum atomic E-state index is 11.8. The number of aryl methyl sites for hydroxylation is 1. The third-order valence-electron chi connectivity index (χ3n) is 2.68. The highest BCUT2D eigenvalue weighted by molar-refractivity contribution is 7.11. The van der Waals surface area contributed by atoms with Gasteiger partial charge in [0, 0.05) is 16.8 Å². The second-order valence-corrected chi connectivity index (χ2v) is 5.72. The molecule has 0 aliphatic rings. The van der Waals surface area contributed by atoms with Gasteiger partial charge in [-0.15, -0.1) is 11.3 Å². The van der Waals surface area contributed by atoms with Crippen molar-refractivity contribution in [2.45, 2.75) is 19.9 Å². The SMILES string of the molecule is Cc1cnc(CNC(=O)Nc2ccccc2CC(=O)O)s1. The number of thiazole rings is 1. The highest BCUT2D eigenvalue weighted by Gasteiger charge is 2.09. The van der Waals surface area contributed by atoms with E-state index < -0.39 is 5.97 Å². The van der Waals surface area contributed by atoms with E-state index in [0.29, 0.717) is 17.8 Å². The van der Waals surface area contributed by atoms with E-state index in [1.165, 1.54) is 11.3 Å². The Balaban J connectivity index is 1.94. The van der Waals surface area contributed by atoms with Crippen LogP contribution < -0.4 is 10.6 Å². The number of carboxylic acid groups (broad SMARTS) is 1. The number of nitrogens with one attached hydrogen (secondary N) is 2. The Hall–Kier alpha value is -2.41. The van der Waals surface area contributed by atoms with Gasteiger partial charge in [0.25, 0.3) is 0 Å². The van der Waals surface area contributed by atoms with Gasteiger partial charge in [0.2, 0.25) is 0 Å². The molecule has 1 aromatic carbocycles. The van der Waals surface area contributed by atoms with Crippen LogP contribution in [0.15, 0.2) is 30.5 Å². The number of hydrogen-bond acceptors (Lipinski definition) is 4. The van der Waals surface area contributed by atoms with Crippen molar-refractivity contribution < 1.29 is 14.7 Å². The molecular formula is C14H15N3O3S. The molecule has 1 aromatic heterocycles. The van der Waals surface area contributed by atoms with Gasteiger partial charge in [0.15, 0.2) is 0 Å². The van der Waals surface area contributed by atoms with Crippen molar-refractivity contribution in [3.8, 4) is 0 Å². The Labute approximate surface area is 125 Å². The van der Waals surface area contributed by atoms with Crippen molar-refractivity contribution >= 4 is 29.0 Å². The van der Waals surface area contributed by atoms with Gasteiger partial charge in [-0.2, -0.15) is 0 Å². The van der Waals surface area contributed by atoms with Crippen molar-refractivity contribution in [3.05, 3.63) is 45.9 Å². The lowest BCUT2D eigenvalue weighted by Gasteiger charge is -2.10. The molecule has 0 spiro atoms. The molecule has 2 rings (SSSR count). The molecule has 110 valence electrons. The lowest BCUT2D eigenvalue weighted by molar-refractivity contribution is -0.136.